The molecule has 1 heterocycles. The first-order chi connectivity index (χ1) is 8.22. The van der Waals surface area contributed by atoms with Gasteiger partial charge >= 0.3 is 0 Å². The van der Waals surface area contributed by atoms with Gasteiger partial charge in [-0.15, -0.1) is 0 Å². The lowest BCUT2D eigenvalue weighted by molar-refractivity contribution is 0.407. The molecule has 0 spiro atoms. The van der Waals surface area contributed by atoms with Gasteiger partial charge in [-0.25, -0.2) is 0 Å². The molecule has 1 unspecified atom stereocenters. The minimum Gasteiger partial charge on any atom is -0.496 e. The minimum absolute atomic E-state index is 0.506. The van der Waals surface area contributed by atoms with Crippen molar-refractivity contribution < 1.29 is 4.74 Å². The Morgan fingerprint density at radius 1 is 1.41 bits per heavy atom. The molecule has 2 nitrogen and oxygen atoms in total. The molecule has 1 N–H and O–H groups in total. The van der Waals surface area contributed by atoms with E-state index in [4.69, 9.17) is 4.74 Å². The highest BCUT2D eigenvalue weighted by Gasteiger charge is 2.17. The van der Waals surface area contributed by atoms with Crippen molar-refractivity contribution in [2.75, 3.05) is 26.0 Å². The van der Waals surface area contributed by atoms with Crippen molar-refractivity contribution in [1.29, 1.82) is 0 Å². The SMILES string of the molecule is COc1ccc(C2CNCCS2)cc1C(C)C. The quantitative estimate of drug-likeness (QED) is 0.891. The molecule has 17 heavy (non-hydrogen) atoms. The Hall–Kier alpha value is -0.670. The van der Waals surface area contributed by atoms with Gasteiger partial charge in [0.1, 0.15) is 5.75 Å². The summed E-state index contributed by atoms with van der Waals surface area (Å²) in [5, 5.41) is 4.05. The molecule has 0 bridgehead atoms. The molecule has 1 aromatic carbocycles. The Kier molecular flexibility index (Phi) is 4.35. The normalized spacial score (nSPS) is 20.6. The summed E-state index contributed by atoms with van der Waals surface area (Å²) in [4.78, 5) is 0. The average Bonchev–Trinajstić information content (AvgIpc) is 2.39. The van der Waals surface area contributed by atoms with Gasteiger partial charge in [-0.05, 0) is 23.1 Å². The van der Waals surface area contributed by atoms with Crippen molar-refractivity contribution >= 4 is 11.8 Å². The van der Waals surface area contributed by atoms with Crippen LogP contribution in [0.3, 0.4) is 0 Å². The Morgan fingerprint density at radius 2 is 2.24 bits per heavy atom. The van der Waals surface area contributed by atoms with Crippen molar-refractivity contribution in [2.45, 2.75) is 25.0 Å². The summed E-state index contributed by atoms with van der Waals surface area (Å²) in [6.07, 6.45) is 0. The van der Waals surface area contributed by atoms with E-state index in [9.17, 15) is 0 Å². The first-order valence-electron chi connectivity index (χ1n) is 6.22. The molecule has 1 aromatic rings. The first-order valence-corrected chi connectivity index (χ1v) is 7.27. The fraction of sp³-hybridized carbons (Fsp3) is 0.571. The van der Waals surface area contributed by atoms with Gasteiger partial charge in [-0.3, -0.25) is 0 Å². The number of hydrogen-bond acceptors (Lipinski definition) is 3. The van der Waals surface area contributed by atoms with Gasteiger partial charge in [0.2, 0.25) is 0 Å². The van der Waals surface area contributed by atoms with Crippen LogP contribution in [0.4, 0.5) is 0 Å². The first kappa shape index (κ1) is 12.8. The Morgan fingerprint density at radius 3 is 2.82 bits per heavy atom. The smallest absolute Gasteiger partial charge is 0.122 e. The van der Waals surface area contributed by atoms with Crippen LogP contribution in [0, 0.1) is 0 Å². The average molecular weight is 251 g/mol. The summed E-state index contributed by atoms with van der Waals surface area (Å²) in [7, 11) is 1.75. The lowest BCUT2D eigenvalue weighted by atomic mass is 9.98. The fourth-order valence-corrected chi connectivity index (χ4v) is 3.31. The van der Waals surface area contributed by atoms with Crippen molar-refractivity contribution in [2.24, 2.45) is 0 Å². The maximum atomic E-state index is 5.43. The summed E-state index contributed by atoms with van der Waals surface area (Å²) in [6, 6.07) is 6.63. The van der Waals surface area contributed by atoms with Gasteiger partial charge in [0.15, 0.2) is 0 Å². The van der Waals surface area contributed by atoms with Crippen molar-refractivity contribution in [3.8, 4) is 5.75 Å². The third-order valence-corrected chi connectivity index (χ3v) is 4.46. The van der Waals surface area contributed by atoms with Gasteiger partial charge in [0.05, 0.1) is 7.11 Å². The van der Waals surface area contributed by atoms with Crippen LogP contribution in [0.2, 0.25) is 0 Å². The molecule has 0 aromatic heterocycles. The molecule has 2 rings (SSSR count). The Labute approximate surface area is 108 Å². The molecule has 1 aliphatic heterocycles. The largest absolute Gasteiger partial charge is 0.496 e. The number of hydrogen-bond donors (Lipinski definition) is 1. The monoisotopic (exact) mass is 251 g/mol. The number of nitrogens with one attached hydrogen (secondary N) is 1. The molecular weight excluding hydrogens is 230 g/mol. The molecule has 94 valence electrons. The van der Waals surface area contributed by atoms with E-state index in [1.54, 1.807) is 7.11 Å². The highest BCUT2D eigenvalue weighted by atomic mass is 32.2. The zero-order valence-electron chi connectivity index (χ0n) is 10.8. The van der Waals surface area contributed by atoms with Gasteiger partial charge < -0.3 is 10.1 Å². The number of thioether (sulfide) groups is 1. The zero-order chi connectivity index (χ0) is 12.3. The molecule has 0 radical (unpaired) electrons. The van der Waals surface area contributed by atoms with Crippen LogP contribution in [-0.4, -0.2) is 26.0 Å². The third-order valence-electron chi connectivity index (χ3n) is 3.18. The van der Waals surface area contributed by atoms with Gasteiger partial charge in [-0.1, -0.05) is 26.0 Å². The van der Waals surface area contributed by atoms with Crippen LogP contribution in [0.5, 0.6) is 5.75 Å². The molecule has 0 amide bonds. The standard InChI is InChI=1S/C14H21NOS/c1-10(2)12-8-11(4-5-13(12)16-3)14-9-15-6-7-17-14/h4-5,8,10,14-15H,6-7,9H2,1-3H3. The van der Waals surface area contributed by atoms with E-state index >= 15 is 0 Å². The number of rotatable bonds is 3. The fourth-order valence-electron chi connectivity index (χ4n) is 2.18. The molecule has 3 heteroatoms. The van der Waals surface area contributed by atoms with Crippen LogP contribution in [0.15, 0.2) is 18.2 Å². The predicted octanol–water partition coefficient (Wildman–Crippen LogP) is 3.20. The van der Waals surface area contributed by atoms with E-state index in [2.05, 4.69) is 37.4 Å². The summed E-state index contributed by atoms with van der Waals surface area (Å²) in [5.74, 6) is 2.72. The van der Waals surface area contributed by atoms with E-state index in [-0.39, 0.29) is 0 Å². The summed E-state index contributed by atoms with van der Waals surface area (Å²) >= 11 is 2.05. The molecule has 1 fully saturated rings. The van der Waals surface area contributed by atoms with Gasteiger partial charge in [0.25, 0.3) is 0 Å². The highest BCUT2D eigenvalue weighted by Crippen LogP contribution is 2.35. The highest BCUT2D eigenvalue weighted by molar-refractivity contribution is 7.99. The topological polar surface area (TPSA) is 21.3 Å². The second-order valence-electron chi connectivity index (χ2n) is 4.72. The second kappa shape index (κ2) is 5.78. The number of ether oxygens (including phenoxy) is 1. The zero-order valence-corrected chi connectivity index (χ0v) is 11.6. The van der Waals surface area contributed by atoms with E-state index in [1.165, 1.54) is 16.9 Å². The van der Waals surface area contributed by atoms with E-state index < -0.39 is 0 Å². The number of methoxy groups -OCH3 is 1. The van der Waals surface area contributed by atoms with Gasteiger partial charge in [-0.2, -0.15) is 11.8 Å². The van der Waals surface area contributed by atoms with Crippen LogP contribution >= 0.6 is 11.8 Å². The number of benzene rings is 1. The Bertz CT molecular complexity index is 372. The lowest BCUT2D eigenvalue weighted by Gasteiger charge is -2.24. The lowest BCUT2D eigenvalue weighted by Crippen LogP contribution is -2.28. The minimum atomic E-state index is 0.506. The third kappa shape index (κ3) is 2.96. The molecule has 1 atom stereocenters. The molecule has 0 saturated carbocycles. The van der Waals surface area contributed by atoms with Crippen molar-refractivity contribution in [3.05, 3.63) is 29.3 Å². The van der Waals surface area contributed by atoms with Crippen LogP contribution in [0.1, 0.15) is 36.1 Å². The van der Waals surface area contributed by atoms with Crippen LogP contribution < -0.4 is 10.1 Å². The summed E-state index contributed by atoms with van der Waals surface area (Å²) < 4.78 is 5.43. The predicted molar refractivity (Wildman–Crippen MR) is 75.2 cm³/mol. The van der Waals surface area contributed by atoms with E-state index in [0.717, 1.165) is 18.8 Å². The molecule has 0 aliphatic carbocycles. The molecule has 1 aliphatic rings. The van der Waals surface area contributed by atoms with E-state index in [0.29, 0.717) is 11.2 Å². The van der Waals surface area contributed by atoms with Crippen molar-refractivity contribution in [3.63, 3.8) is 0 Å². The Balaban J connectivity index is 2.26. The second-order valence-corrected chi connectivity index (χ2v) is 6.03. The summed E-state index contributed by atoms with van der Waals surface area (Å²) in [6.45, 7) is 6.64. The maximum Gasteiger partial charge on any atom is 0.122 e. The van der Waals surface area contributed by atoms with Gasteiger partial charge in [0, 0.05) is 24.1 Å². The van der Waals surface area contributed by atoms with Crippen LogP contribution in [0.25, 0.3) is 0 Å². The molecule has 1 saturated heterocycles. The maximum absolute atomic E-state index is 5.43. The molecular formula is C14H21NOS. The van der Waals surface area contributed by atoms with E-state index in [1.807, 2.05) is 11.8 Å². The van der Waals surface area contributed by atoms with Crippen molar-refractivity contribution in [1.82, 2.24) is 5.32 Å². The summed E-state index contributed by atoms with van der Waals surface area (Å²) in [5.41, 5.74) is 2.74. The van der Waals surface area contributed by atoms with Crippen LogP contribution in [-0.2, 0) is 0 Å².